The van der Waals surface area contributed by atoms with Gasteiger partial charge in [0.15, 0.2) is 0 Å². The van der Waals surface area contributed by atoms with Crippen LogP contribution in [0, 0.1) is 28.6 Å². The number of rotatable bonds is 1. The lowest BCUT2D eigenvalue weighted by Gasteiger charge is -2.31. The summed E-state index contributed by atoms with van der Waals surface area (Å²) < 4.78 is 0. The van der Waals surface area contributed by atoms with Crippen LogP contribution >= 0.6 is 15.9 Å². The van der Waals surface area contributed by atoms with Crippen molar-refractivity contribution in [3.05, 3.63) is 0 Å². The molecule has 4 fully saturated rings. The van der Waals surface area contributed by atoms with Crippen molar-refractivity contribution in [1.82, 2.24) is 0 Å². The predicted octanol–water partition coefficient (Wildman–Crippen LogP) is 3.06. The second kappa shape index (κ2) is 1.57. The first-order valence-corrected chi connectivity index (χ1v) is 5.82. The largest absolute Gasteiger partial charge is 0.0922 e. The smallest absolute Gasteiger partial charge is 0.00934 e. The van der Waals surface area contributed by atoms with E-state index in [1.165, 1.54) is 5.33 Å². The Hall–Kier alpha value is 0.480. The number of hydrogen-bond donors (Lipinski definition) is 0. The second-order valence-electron chi connectivity index (χ2n) is 5.22. The molecule has 0 amide bonds. The van der Waals surface area contributed by atoms with Crippen molar-refractivity contribution in [2.24, 2.45) is 28.6 Å². The average Bonchev–Trinajstić information content (AvgIpc) is 2.42. The average molecular weight is 215 g/mol. The zero-order chi connectivity index (χ0) is 7.85. The van der Waals surface area contributed by atoms with E-state index in [0.29, 0.717) is 5.41 Å². The second-order valence-corrected chi connectivity index (χ2v) is 5.78. The molecule has 11 heavy (non-hydrogen) atoms. The molecule has 4 bridgehead atoms. The molecule has 0 radical (unpaired) electrons. The van der Waals surface area contributed by atoms with Crippen LogP contribution < -0.4 is 0 Å². The molecule has 0 aromatic heterocycles. The minimum atomic E-state index is 0.655. The van der Waals surface area contributed by atoms with Crippen molar-refractivity contribution >= 4 is 15.9 Å². The van der Waals surface area contributed by atoms with Gasteiger partial charge in [0.2, 0.25) is 0 Å². The van der Waals surface area contributed by atoms with Crippen molar-refractivity contribution in [2.45, 2.75) is 26.7 Å². The van der Waals surface area contributed by atoms with E-state index in [9.17, 15) is 0 Å². The lowest BCUT2D eigenvalue weighted by Crippen LogP contribution is -2.28. The van der Waals surface area contributed by atoms with Crippen LogP contribution in [0.1, 0.15) is 26.7 Å². The maximum Gasteiger partial charge on any atom is 0.00934 e. The third kappa shape index (κ3) is 0.460. The van der Waals surface area contributed by atoms with Gasteiger partial charge < -0.3 is 0 Å². The van der Waals surface area contributed by atoms with Gasteiger partial charge in [-0.25, -0.2) is 0 Å². The molecule has 4 saturated carbocycles. The van der Waals surface area contributed by atoms with Crippen molar-refractivity contribution in [2.75, 3.05) is 5.33 Å². The van der Waals surface area contributed by atoms with Gasteiger partial charge in [-0.3, -0.25) is 0 Å². The number of alkyl halides is 1. The van der Waals surface area contributed by atoms with Gasteiger partial charge in [-0.2, -0.15) is 0 Å². The molecule has 4 rings (SSSR count). The van der Waals surface area contributed by atoms with Crippen LogP contribution in [-0.4, -0.2) is 5.33 Å². The maximum absolute atomic E-state index is 3.70. The van der Waals surface area contributed by atoms with Gasteiger partial charge in [0.05, 0.1) is 0 Å². The van der Waals surface area contributed by atoms with Gasteiger partial charge in [0.25, 0.3) is 0 Å². The molecule has 62 valence electrons. The van der Waals surface area contributed by atoms with Gasteiger partial charge >= 0.3 is 0 Å². The summed E-state index contributed by atoms with van der Waals surface area (Å²) in [4.78, 5) is 0. The Morgan fingerprint density at radius 2 is 1.82 bits per heavy atom. The molecule has 0 aromatic carbocycles. The zero-order valence-electron chi connectivity index (χ0n) is 7.23. The fourth-order valence-corrected chi connectivity index (χ4v) is 5.35. The Bertz CT molecular complexity index is 211. The predicted molar refractivity (Wildman–Crippen MR) is 49.7 cm³/mol. The van der Waals surface area contributed by atoms with Crippen LogP contribution in [0.2, 0.25) is 0 Å². The van der Waals surface area contributed by atoms with E-state index in [0.717, 1.165) is 23.2 Å². The molecule has 0 saturated heterocycles. The summed E-state index contributed by atoms with van der Waals surface area (Å²) in [6, 6.07) is 0. The Morgan fingerprint density at radius 1 is 1.27 bits per heavy atom. The molecule has 0 aromatic rings. The zero-order valence-corrected chi connectivity index (χ0v) is 8.82. The van der Waals surface area contributed by atoms with E-state index in [-0.39, 0.29) is 0 Å². The highest BCUT2D eigenvalue weighted by atomic mass is 79.9. The van der Waals surface area contributed by atoms with Crippen LogP contribution in [0.3, 0.4) is 0 Å². The maximum atomic E-state index is 3.70. The van der Waals surface area contributed by atoms with E-state index in [2.05, 4.69) is 29.8 Å². The molecule has 0 N–H and O–H groups in total. The van der Waals surface area contributed by atoms with Gasteiger partial charge in [0, 0.05) is 5.33 Å². The summed E-state index contributed by atoms with van der Waals surface area (Å²) in [7, 11) is 0. The van der Waals surface area contributed by atoms with Crippen molar-refractivity contribution in [1.29, 1.82) is 0 Å². The summed E-state index contributed by atoms with van der Waals surface area (Å²) in [5.41, 5.74) is 1.41. The van der Waals surface area contributed by atoms with Crippen molar-refractivity contribution in [3.63, 3.8) is 0 Å². The van der Waals surface area contributed by atoms with Crippen LogP contribution in [-0.2, 0) is 0 Å². The minimum Gasteiger partial charge on any atom is -0.0922 e. The first-order chi connectivity index (χ1) is 5.14. The SMILES string of the molecule is CC12[C@@H]3CC(C[C@@H]31)[C@]2(C)CBr. The highest BCUT2D eigenvalue weighted by Gasteiger charge is 2.80. The molecule has 0 heterocycles. The molecule has 0 nitrogen and oxygen atoms in total. The lowest BCUT2D eigenvalue weighted by molar-refractivity contribution is 0.209. The molecule has 0 spiro atoms. The van der Waals surface area contributed by atoms with Gasteiger partial charge in [0.1, 0.15) is 0 Å². The van der Waals surface area contributed by atoms with Gasteiger partial charge in [-0.1, -0.05) is 29.8 Å². The van der Waals surface area contributed by atoms with Crippen LogP contribution in [0.5, 0.6) is 0 Å². The highest BCUT2D eigenvalue weighted by Crippen LogP contribution is 2.86. The van der Waals surface area contributed by atoms with Gasteiger partial charge in [-0.15, -0.1) is 0 Å². The molecular formula is C10H15Br. The fraction of sp³-hybridized carbons (Fsp3) is 1.00. The number of halogens is 1. The minimum absolute atomic E-state index is 0.655. The molecule has 2 unspecified atom stereocenters. The topological polar surface area (TPSA) is 0 Å². The normalized spacial score (nSPS) is 70.6. The van der Waals surface area contributed by atoms with Crippen molar-refractivity contribution < 1.29 is 0 Å². The molecular weight excluding hydrogens is 200 g/mol. The Kier molecular flexibility index (Phi) is 0.991. The monoisotopic (exact) mass is 214 g/mol. The fourth-order valence-electron chi connectivity index (χ4n) is 4.29. The van der Waals surface area contributed by atoms with E-state index in [4.69, 9.17) is 0 Å². The van der Waals surface area contributed by atoms with Crippen LogP contribution in [0.4, 0.5) is 0 Å². The van der Waals surface area contributed by atoms with E-state index in [1.54, 1.807) is 12.8 Å². The van der Waals surface area contributed by atoms with Gasteiger partial charge in [-0.05, 0) is 41.4 Å². The Morgan fingerprint density at radius 3 is 2.00 bits per heavy atom. The van der Waals surface area contributed by atoms with Crippen molar-refractivity contribution in [3.8, 4) is 0 Å². The van der Waals surface area contributed by atoms with Crippen LogP contribution in [0.15, 0.2) is 0 Å². The van der Waals surface area contributed by atoms with E-state index >= 15 is 0 Å². The lowest BCUT2D eigenvalue weighted by atomic mass is 9.76. The molecule has 4 aliphatic carbocycles. The summed E-state index contributed by atoms with van der Waals surface area (Å²) in [5, 5.41) is 1.23. The molecule has 0 aliphatic heterocycles. The highest BCUT2D eigenvalue weighted by molar-refractivity contribution is 9.09. The van der Waals surface area contributed by atoms with E-state index < -0.39 is 0 Å². The summed E-state index contributed by atoms with van der Waals surface area (Å²) in [6.45, 7) is 5.02. The van der Waals surface area contributed by atoms with Crippen LogP contribution in [0.25, 0.3) is 0 Å². The first kappa shape index (κ1) is 6.94. The summed E-state index contributed by atoms with van der Waals surface area (Å²) in [5.74, 6) is 3.30. The molecule has 4 aliphatic rings. The molecule has 1 heteroatoms. The van der Waals surface area contributed by atoms with E-state index in [1.807, 2.05) is 0 Å². The first-order valence-electron chi connectivity index (χ1n) is 4.70. The quantitative estimate of drug-likeness (QED) is 0.589. The Labute approximate surface area is 76.9 Å². The molecule has 5 atom stereocenters. The summed E-state index contributed by atoms with van der Waals surface area (Å²) in [6.07, 6.45) is 3.09. The third-order valence-corrected chi connectivity index (χ3v) is 6.57. The third-order valence-electron chi connectivity index (χ3n) is 5.40. The number of hydrogen-bond acceptors (Lipinski definition) is 0. The summed E-state index contributed by atoms with van der Waals surface area (Å²) >= 11 is 3.70. The standard InChI is InChI=1S/C10H15Br/c1-9(5-11)6-3-7-8(4-6)10(7,9)2/h6-8H,3-5H2,1-2H3/t6?,7-,8+,9-,10?/m0/s1. The Balaban J connectivity index is 2.10.